The Kier molecular flexibility index (Phi) is 5.15. The van der Waals surface area contributed by atoms with Crippen molar-refractivity contribution in [3.63, 3.8) is 0 Å². The molecule has 0 aliphatic carbocycles. The molecular formula is C18H24N4O2. The zero-order chi connectivity index (χ0) is 16.9. The third-order valence-electron chi connectivity index (χ3n) is 4.56. The van der Waals surface area contributed by atoms with Gasteiger partial charge in [-0.25, -0.2) is 4.98 Å². The van der Waals surface area contributed by atoms with E-state index >= 15 is 0 Å². The zero-order valence-corrected chi connectivity index (χ0v) is 14.0. The van der Waals surface area contributed by atoms with Crippen molar-refractivity contribution >= 4 is 5.91 Å². The van der Waals surface area contributed by atoms with Crippen molar-refractivity contribution in [3.8, 4) is 5.75 Å². The molecule has 0 bridgehead atoms. The summed E-state index contributed by atoms with van der Waals surface area (Å²) in [6.45, 7) is 6.62. The molecule has 2 N–H and O–H groups in total. The van der Waals surface area contributed by atoms with E-state index in [2.05, 4.69) is 26.7 Å². The van der Waals surface area contributed by atoms with Gasteiger partial charge < -0.3 is 15.0 Å². The van der Waals surface area contributed by atoms with Gasteiger partial charge in [-0.2, -0.15) is 0 Å². The van der Waals surface area contributed by atoms with Crippen LogP contribution in [0.4, 0.5) is 0 Å². The first-order valence-corrected chi connectivity index (χ1v) is 8.45. The molecule has 0 radical (unpaired) electrons. The highest BCUT2D eigenvalue weighted by molar-refractivity contribution is 5.94. The fourth-order valence-corrected chi connectivity index (χ4v) is 3.15. The highest BCUT2D eigenvalue weighted by atomic mass is 16.3. The number of aromatic hydroxyl groups is 1. The van der Waals surface area contributed by atoms with Gasteiger partial charge in [-0.1, -0.05) is 0 Å². The van der Waals surface area contributed by atoms with Crippen LogP contribution in [-0.4, -0.2) is 45.1 Å². The average molecular weight is 328 g/mol. The first kappa shape index (κ1) is 16.5. The fourth-order valence-electron chi connectivity index (χ4n) is 3.15. The average Bonchev–Trinajstić information content (AvgIpc) is 3.22. The van der Waals surface area contributed by atoms with E-state index in [0.29, 0.717) is 18.0 Å². The molecule has 1 saturated heterocycles. The number of phenolic OH excluding ortho intramolecular Hbond substituents is 1. The van der Waals surface area contributed by atoms with Crippen LogP contribution in [-0.2, 0) is 13.1 Å². The van der Waals surface area contributed by atoms with E-state index in [9.17, 15) is 9.90 Å². The number of nitrogens with one attached hydrogen (secondary N) is 1. The van der Waals surface area contributed by atoms with Crippen molar-refractivity contribution < 1.29 is 9.90 Å². The molecule has 128 valence electrons. The number of benzene rings is 1. The largest absolute Gasteiger partial charge is 0.508 e. The number of nitrogens with zero attached hydrogens (tertiary/aromatic N) is 3. The van der Waals surface area contributed by atoms with Crippen LogP contribution in [0, 0.1) is 5.92 Å². The van der Waals surface area contributed by atoms with Gasteiger partial charge in [0.05, 0.1) is 6.54 Å². The normalized spacial score (nSPS) is 18.0. The van der Waals surface area contributed by atoms with E-state index in [1.165, 1.54) is 12.1 Å². The number of amides is 1. The van der Waals surface area contributed by atoms with E-state index in [0.717, 1.165) is 38.4 Å². The van der Waals surface area contributed by atoms with Gasteiger partial charge in [0.2, 0.25) is 0 Å². The van der Waals surface area contributed by atoms with Gasteiger partial charge in [-0.05, 0) is 50.1 Å². The summed E-state index contributed by atoms with van der Waals surface area (Å²) in [5.41, 5.74) is 0.577. The Labute approximate surface area is 142 Å². The number of imidazole rings is 1. The van der Waals surface area contributed by atoms with Crippen LogP contribution in [0.1, 0.15) is 29.5 Å². The van der Waals surface area contributed by atoms with Gasteiger partial charge in [0.25, 0.3) is 5.91 Å². The van der Waals surface area contributed by atoms with Crippen LogP contribution >= 0.6 is 0 Å². The number of hydrogen-bond acceptors (Lipinski definition) is 4. The Hall–Kier alpha value is -2.34. The van der Waals surface area contributed by atoms with Crippen molar-refractivity contribution in [2.75, 3.05) is 19.6 Å². The number of aryl methyl sites for hydroxylation is 1. The standard InChI is InChI=1S/C18H24N4O2/c1-2-22-10-8-19-17(22)13-21-9-7-14(12-21)11-20-18(24)15-3-5-16(23)6-4-15/h3-6,8,10,14,23H,2,7,9,11-13H2,1H3,(H,20,24)/t14-/m0/s1. The molecule has 0 spiro atoms. The van der Waals surface area contributed by atoms with Gasteiger partial charge in [0.1, 0.15) is 11.6 Å². The Balaban J connectivity index is 1.46. The molecule has 3 rings (SSSR count). The van der Waals surface area contributed by atoms with Crippen molar-refractivity contribution in [1.29, 1.82) is 0 Å². The maximum absolute atomic E-state index is 12.1. The van der Waals surface area contributed by atoms with Crippen LogP contribution in [0.25, 0.3) is 0 Å². The van der Waals surface area contributed by atoms with Crippen LogP contribution in [0.2, 0.25) is 0 Å². The van der Waals surface area contributed by atoms with Crippen molar-refractivity contribution in [1.82, 2.24) is 19.8 Å². The number of carbonyl (C=O) groups excluding carboxylic acids is 1. The summed E-state index contributed by atoms with van der Waals surface area (Å²) in [6, 6.07) is 6.33. The van der Waals surface area contributed by atoms with E-state index in [4.69, 9.17) is 0 Å². The Morgan fingerprint density at radius 3 is 2.92 bits per heavy atom. The molecule has 0 saturated carbocycles. The van der Waals surface area contributed by atoms with E-state index < -0.39 is 0 Å². The number of rotatable bonds is 6. The second-order valence-corrected chi connectivity index (χ2v) is 6.28. The lowest BCUT2D eigenvalue weighted by molar-refractivity contribution is 0.0947. The van der Waals surface area contributed by atoms with Crippen molar-refractivity contribution in [3.05, 3.63) is 48.0 Å². The molecule has 6 nitrogen and oxygen atoms in total. The summed E-state index contributed by atoms with van der Waals surface area (Å²) in [7, 11) is 0. The predicted molar refractivity (Wildman–Crippen MR) is 91.7 cm³/mol. The van der Waals surface area contributed by atoms with E-state index in [-0.39, 0.29) is 11.7 Å². The fraction of sp³-hybridized carbons (Fsp3) is 0.444. The quantitative estimate of drug-likeness (QED) is 0.849. The van der Waals surface area contributed by atoms with Gasteiger partial charge in [0, 0.05) is 37.6 Å². The number of likely N-dealkylation sites (tertiary alicyclic amines) is 1. The van der Waals surface area contributed by atoms with Crippen molar-refractivity contribution in [2.24, 2.45) is 5.92 Å². The monoisotopic (exact) mass is 328 g/mol. The van der Waals surface area contributed by atoms with Crippen LogP contribution < -0.4 is 5.32 Å². The predicted octanol–water partition coefficient (Wildman–Crippen LogP) is 1.86. The number of carbonyl (C=O) groups is 1. The molecule has 0 unspecified atom stereocenters. The minimum Gasteiger partial charge on any atom is -0.508 e. The molecule has 2 heterocycles. The smallest absolute Gasteiger partial charge is 0.251 e. The molecule has 1 fully saturated rings. The molecule has 2 aromatic rings. The van der Waals surface area contributed by atoms with Crippen LogP contribution in [0.3, 0.4) is 0 Å². The first-order chi connectivity index (χ1) is 11.7. The summed E-state index contributed by atoms with van der Waals surface area (Å²) in [5.74, 6) is 1.65. The maximum Gasteiger partial charge on any atom is 0.251 e. The van der Waals surface area contributed by atoms with Gasteiger partial charge in [-0.3, -0.25) is 9.69 Å². The minimum atomic E-state index is -0.0880. The van der Waals surface area contributed by atoms with Gasteiger partial charge >= 0.3 is 0 Å². The topological polar surface area (TPSA) is 70.4 Å². The zero-order valence-electron chi connectivity index (χ0n) is 14.0. The summed E-state index contributed by atoms with van der Waals surface area (Å²) in [6.07, 6.45) is 4.95. The number of hydrogen-bond donors (Lipinski definition) is 2. The highest BCUT2D eigenvalue weighted by Crippen LogP contribution is 2.18. The van der Waals surface area contributed by atoms with Crippen LogP contribution in [0.15, 0.2) is 36.7 Å². The van der Waals surface area contributed by atoms with E-state index in [1.54, 1.807) is 12.1 Å². The maximum atomic E-state index is 12.1. The second kappa shape index (κ2) is 7.49. The number of aromatic nitrogens is 2. The first-order valence-electron chi connectivity index (χ1n) is 8.45. The second-order valence-electron chi connectivity index (χ2n) is 6.28. The lowest BCUT2D eigenvalue weighted by Gasteiger charge is -2.16. The SMILES string of the molecule is CCn1ccnc1CN1CC[C@@H](CNC(=O)c2ccc(O)cc2)C1. The molecule has 6 heteroatoms. The Bertz CT molecular complexity index is 681. The lowest BCUT2D eigenvalue weighted by atomic mass is 10.1. The highest BCUT2D eigenvalue weighted by Gasteiger charge is 2.24. The minimum absolute atomic E-state index is 0.0880. The molecular weight excluding hydrogens is 304 g/mol. The molecule has 1 aliphatic heterocycles. The molecule has 1 aromatic heterocycles. The van der Waals surface area contributed by atoms with Gasteiger partial charge in [-0.15, -0.1) is 0 Å². The Morgan fingerprint density at radius 2 is 2.17 bits per heavy atom. The van der Waals surface area contributed by atoms with Crippen molar-refractivity contribution in [2.45, 2.75) is 26.4 Å². The summed E-state index contributed by atoms with van der Waals surface area (Å²) in [4.78, 5) is 18.9. The van der Waals surface area contributed by atoms with Crippen LogP contribution in [0.5, 0.6) is 5.75 Å². The Morgan fingerprint density at radius 1 is 1.38 bits per heavy atom. The lowest BCUT2D eigenvalue weighted by Crippen LogP contribution is -2.31. The molecule has 1 amide bonds. The molecule has 24 heavy (non-hydrogen) atoms. The third kappa shape index (κ3) is 3.94. The molecule has 1 atom stereocenters. The summed E-state index contributed by atoms with van der Waals surface area (Å²) < 4.78 is 2.17. The summed E-state index contributed by atoms with van der Waals surface area (Å²) >= 11 is 0. The molecule has 1 aromatic carbocycles. The van der Waals surface area contributed by atoms with E-state index in [1.807, 2.05) is 12.4 Å². The third-order valence-corrected chi connectivity index (χ3v) is 4.56. The van der Waals surface area contributed by atoms with Gasteiger partial charge in [0.15, 0.2) is 0 Å². The number of phenols is 1. The summed E-state index contributed by atoms with van der Waals surface area (Å²) in [5, 5.41) is 12.3. The molecule has 1 aliphatic rings.